The summed E-state index contributed by atoms with van der Waals surface area (Å²) in [6.07, 6.45) is 3.25. The smallest absolute Gasteiger partial charge is 0.293 e. The highest BCUT2D eigenvalue weighted by atomic mass is 16.6. The normalized spacial score (nSPS) is 14.4. The molecule has 0 N–H and O–H groups in total. The van der Waals surface area contributed by atoms with Gasteiger partial charge in [0.05, 0.1) is 18.1 Å². The van der Waals surface area contributed by atoms with Crippen molar-refractivity contribution in [3.05, 3.63) is 52.8 Å². The molecule has 0 atom stereocenters. The van der Waals surface area contributed by atoms with Crippen LogP contribution in [0.1, 0.15) is 0 Å². The van der Waals surface area contributed by atoms with Crippen molar-refractivity contribution in [1.29, 1.82) is 0 Å². The molecule has 9 heteroatoms. The lowest BCUT2D eigenvalue weighted by molar-refractivity contribution is -0.384. The van der Waals surface area contributed by atoms with Crippen LogP contribution in [0, 0.1) is 10.1 Å². The van der Waals surface area contributed by atoms with Crippen molar-refractivity contribution >= 4 is 11.4 Å². The van der Waals surface area contributed by atoms with Crippen LogP contribution in [0.5, 0.6) is 0 Å². The van der Waals surface area contributed by atoms with E-state index in [1.807, 2.05) is 4.90 Å². The van der Waals surface area contributed by atoms with Gasteiger partial charge in [-0.05, 0) is 24.3 Å². The topological polar surface area (TPSA) is 107 Å². The third-order valence-corrected chi connectivity index (χ3v) is 4.14. The number of hydrogen-bond donors (Lipinski definition) is 0. The van der Waals surface area contributed by atoms with E-state index in [1.54, 1.807) is 36.7 Å². The molecule has 2 aromatic heterocycles. The van der Waals surface area contributed by atoms with Crippen molar-refractivity contribution in [3.8, 4) is 22.8 Å². The van der Waals surface area contributed by atoms with E-state index >= 15 is 0 Å². The Morgan fingerprint density at radius 1 is 1.08 bits per heavy atom. The summed E-state index contributed by atoms with van der Waals surface area (Å²) >= 11 is 0. The number of rotatable bonds is 4. The van der Waals surface area contributed by atoms with E-state index in [-0.39, 0.29) is 5.69 Å². The number of ether oxygens (including phenoxy) is 1. The molecule has 9 nitrogen and oxygen atoms in total. The summed E-state index contributed by atoms with van der Waals surface area (Å²) in [5.41, 5.74) is 1.84. The highest BCUT2D eigenvalue weighted by molar-refractivity contribution is 5.72. The van der Waals surface area contributed by atoms with Crippen LogP contribution >= 0.6 is 0 Å². The molecule has 0 radical (unpaired) electrons. The van der Waals surface area contributed by atoms with Gasteiger partial charge in [0.2, 0.25) is 5.82 Å². The maximum absolute atomic E-state index is 11.6. The summed E-state index contributed by atoms with van der Waals surface area (Å²) < 4.78 is 10.6. The van der Waals surface area contributed by atoms with Crippen molar-refractivity contribution < 1.29 is 14.2 Å². The van der Waals surface area contributed by atoms with Crippen LogP contribution in [0.4, 0.5) is 11.4 Å². The molecule has 26 heavy (non-hydrogen) atoms. The van der Waals surface area contributed by atoms with E-state index in [9.17, 15) is 10.1 Å². The SMILES string of the molecule is O=[N+]([O-])c1cc(-c2noc(-c3ccncc3)n2)ccc1N1CCOCC1. The highest BCUT2D eigenvalue weighted by Gasteiger charge is 2.23. The van der Waals surface area contributed by atoms with Crippen LogP contribution in [0.3, 0.4) is 0 Å². The molecule has 1 aromatic carbocycles. The van der Waals surface area contributed by atoms with Gasteiger partial charge in [0.25, 0.3) is 11.6 Å². The van der Waals surface area contributed by atoms with Crippen LogP contribution in [-0.2, 0) is 4.74 Å². The van der Waals surface area contributed by atoms with Crippen molar-refractivity contribution in [1.82, 2.24) is 15.1 Å². The molecule has 0 amide bonds. The first-order valence-electron chi connectivity index (χ1n) is 8.08. The first kappa shape index (κ1) is 16.2. The van der Waals surface area contributed by atoms with Gasteiger partial charge in [-0.3, -0.25) is 15.1 Å². The second kappa shape index (κ2) is 6.89. The molecule has 1 saturated heterocycles. The van der Waals surface area contributed by atoms with Gasteiger partial charge in [-0.15, -0.1) is 0 Å². The average molecular weight is 353 g/mol. The Kier molecular flexibility index (Phi) is 4.28. The van der Waals surface area contributed by atoms with Crippen molar-refractivity contribution in [2.75, 3.05) is 31.2 Å². The largest absolute Gasteiger partial charge is 0.378 e. The maximum atomic E-state index is 11.6. The monoisotopic (exact) mass is 353 g/mol. The van der Waals surface area contributed by atoms with Gasteiger partial charge in [-0.25, -0.2) is 0 Å². The van der Waals surface area contributed by atoms with E-state index < -0.39 is 4.92 Å². The average Bonchev–Trinajstić information content (AvgIpc) is 3.19. The number of benzene rings is 1. The van der Waals surface area contributed by atoms with Crippen LogP contribution in [0.15, 0.2) is 47.2 Å². The van der Waals surface area contributed by atoms with E-state index in [1.165, 1.54) is 6.07 Å². The lowest BCUT2D eigenvalue weighted by Gasteiger charge is -2.28. The Balaban J connectivity index is 1.68. The molecular weight excluding hydrogens is 338 g/mol. The molecule has 0 spiro atoms. The van der Waals surface area contributed by atoms with Gasteiger partial charge in [0, 0.05) is 42.7 Å². The molecule has 132 valence electrons. The third kappa shape index (κ3) is 3.11. The highest BCUT2D eigenvalue weighted by Crippen LogP contribution is 2.33. The molecular formula is C17H15N5O4. The van der Waals surface area contributed by atoms with Crippen LogP contribution in [0.2, 0.25) is 0 Å². The predicted molar refractivity (Wildman–Crippen MR) is 92.7 cm³/mol. The molecule has 0 bridgehead atoms. The molecule has 3 heterocycles. The second-order valence-electron chi connectivity index (χ2n) is 5.72. The minimum absolute atomic E-state index is 0.0136. The zero-order chi connectivity index (χ0) is 17.9. The molecule has 3 aromatic rings. The molecule has 1 fully saturated rings. The van der Waals surface area contributed by atoms with Crippen LogP contribution in [0.25, 0.3) is 22.8 Å². The Morgan fingerprint density at radius 3 is 2.58 bits per heavy atom. The fourth-order valence-corrected chi connectivity index (χ4v) is 2.83. The fraction of sp³-hybridized carbons (Fsp3) is 0.235. The number of morpholine rings is 1. The number of pyridine rings is 1. The minimum atomic E-state index is -0.391. The second-order valence-corrected chi connectivity index (χ2v) is 5.72. The number of hydrogen-bond acceptors (Lipinski definition) is 8. The number of nitro groups is 1. The molecule has 4 rings (SSSR count). The zero-order valence-corrected chi connectivity index (χ0v) is 13.7. The zero-order valence-electron chi connectivity index (χ0n) is 13.7. The first-order chi connectivity index (χ1) is 12.7. The Hall–Kier alpha value is -3.33. The summed E-state index contributed by atoms with van der Waals surface area (Å²) in [6.45, 7) is 2.35. The van der Waals surface area contributed by atoms with E-state index in [0.717, 1.165) is 5.56 Å². The van der Waals surface area contributed by atoms with Gasteiger partial charge in [-0.1, -0.05) is 5.16 Å². The fourth-order valence-electron chi connectivity index (χ4n) is 2.83. The van der Waals surface area contributed by atoms with E-state index in [4.69, 9.17) is 9.26 Å². The third-order valence-electron chi connectivity index (χ3n) is 4.14. The first-order valence-corrected chi connectivity index (χ1v) is 8.08. The Bertz CT molecular complexity index is 922. The number of anilines is 1. The summed E-state index contributed by atoms with van der Waals surface area (Å²) in [4.78, 5) is 21.4. The number of aromatic nitrogens is 3. The molecule has 1 aliphatic heterocycles. The lowest BCUT2D eigenvalue weighted by Crippen LogP contribution is -2.36. The van der Waals surface area contributed by atoms with Crippen molar-refractivity contribution in [2.24, 2.45) is 0 Å². The standard InChI is InChI=1S/C17H15N5O4/c23-22(24)15-11-13(1-2-14(15)21-7-9-25-10-8-21)16-19-17(26-20-16)12-3-5-18-6-4-12/h1-6,11H,7-10H2. The Labute approximate surface area is 148 Å². The number of nitrogens with zero attached hydrogens (tertiary/aromatic N) is 5. The molecule has 0 aliphatic carbocycles. The summed E-state index contributed by atoms with van der Waals surface area (Å²) in [7, 11) is 0. The Morgan fingerprint density at radius 2 is 1.85 bits per heavy atom. The lowest BCUT2D eigenvalue weighted by atomic mass is 10.1. The van der Waals surface area contributed by atoms with Crippen LogP contribution < -0.4 is 4.90 Å². The quantitative estimate of drug-likeness (QED) is 0.520. The van der Waals surface area contributed by atoms with Gasteiger partial charge in [-0.2, -0.15) is 4.98 Å². The van der Waals surface area contributed by atoms with E-state index in [0.29, 0.717) is 49.3 Å². The molecule has 0 unspecified atom stereocenters. The minimum Gasteiger partial charge on any atom is -0.378 e. The van der Waals surface area contributed by atoms with E-state index in [2.05, 4.69) is 15.1 Å². The predicted octanol–water partition coefficient (Wildman–Crippen LogP) is 2.54. The van der Waals surface area contributed by atoms with Gasteiger partial charge in [0.1, 0.15) is 5.69 Å². The maximum Gasteiger partial charge on any atom is 0.293 e. The van der Waals surface area contributed by atoms with Crippen molar-refractivity contribution in [3.63, 3.8) is 0 Å². The van der Waals surface area contributed by atoms with Gasteiger partial charge >= 0.3 is 0 Å². The van der Waals surface area contributed by atoms with Gasteiger partial charge < -0.3 is 14.2 Å². The molecule has 1 aliphatic rings. The van der Waals surface area contributed by atoms with Gasteiger partial charge in [0.15, 0.2) is 0 Å². The molecule has 0 saturated carbocycles. The number of nitro benzene ring substituents is 1. The summed E-state index contributed by atoms with van der Waals surface area (Å²) in [5, 5.41) is 15.5. The van der Waals surface area contributed by atoms with Crippen molar-refractivity contribution in [2.45, 2.75) is 0 Å². The summed E-state index contributed by atoms with van der Waals surface area (Å²) in [6, 6.07) is 8.47. The summed E-state index contributed by atoms with van der Waals surface area (Å²) in [5.74, 6) is 0.635. The van der Waals surface area contributed by atoms with Crippen LogP contribution in [-0.4, -0.2) is 46.4 Å².